The number of carbonyl (C=O) groups is 4. The van der Waals surface area contributed by atoms with Gasteiger partial charge in [0.1, 0.15) is 19.3 Å². The summed E-state index contributed by atoms with van der Waals surface area (Å²) in [7, 11) is -9.95. The van der Waals surface area contributed by atoms with Gasteiger partial charge in [-0.15, -0.1) is 0 Å². The highest BCUT2D eigenvalue weighted by molar-refractivity contribution is 7.47. The van der Waals surface area contributed by atoms with Crippen molar-refractivity contribution in [2.75, 3.05) is 39.6 Å². The Morgan fingerprint density at radius 3 is 0.755 bits per heavy atom. The summed E-state index contributed by atoms with van der Waals surface area (Å²) in [5.74, 6) is -2.17. The van der Waals surface area contributed by atoms with Crippen LogP contribution in [-0.2, 0) is 65.4 Å². The van der Waals surface area contributed by atoms with Gasteiger partial charge in [0.15, 0.2) is 12.2 Å². The predicted octanol–water partition coefficient (Wildman–Crippen LogP) is 24.5. The first-order chi connectivity index (χ1) is 49.7. The molecule has 102 heavy (non-hydrogen) atoms. The van der Waals surface area contributed by atoms with Crippen LogP contribution in [0.5, 0.6) is 0 Å². The molecule has 0 aliphatic rings. The SMILES string of the molecule is CCCCC/C=C\C/C=C\CCCCCCCC(=O)O[C@H](COC(=O)CCCCCCCCCCCCCCCCCCC)COP(=O)(O)OC[C@H](O)COP(=O)(O)OC[C@@H](COC(=O)CCCCCCC/C=C\CCCCCCCC)OC(=O)CCCCCCC/C=C\CCCCCCCC. The van der Waals surface area contributed by atoms with Crippen LogP contribution in [0.3, 0.4) is 0 Å². The Labute approximate surface area is 623 Å². The van der Waals surface area contributed by atoms with Crippen molar-refractivity contribution >= 4 is 39.5 Å². The number of aliphatic hydroxyl groups excluding tert-OH is 1. The minimum absolute atomic E-state index is 0.0851. The van der Waals surface area contributed by atoms with Gasteiger partial charge in [0.05, 0.1) is 26.4 Å². The van der Waals surface area contributed by atoms with E-state index in [-0.39, 0.29) is 25.7 Å². The van der Waals surface area contributed by atoms with Crippen molar-refractivity contribution in [1.82, 2.24) is 0 Å². The average Bonchev–Trinajstić information content (AvgIpc) is 0.919. The quantitative estimate of drug-likeness (QED) is 0.0169. The Morgan fingerprint density at radius 2 is 0.480 bits per heavy atom. The van der Waals surface area contributed by atoms with Gasteiger partial charge in [-0.25, -0.2) is 9.13 Å². The molecule has 0 spiro atoms. The maximum absolute atomic E-state index is 13.1. The topological polar surface area (TPSA) is 237 Å². The first-order valence-corrected chi connectivity index (χ1v) is 44.9. The molecule has 0 amide bonds. The largest absolute Gasteiger partial charge is 0.472 e. The van der Waals surface area contributed by atoms with Gasteiger partial charge in [-0.3, -0.25) is 37.3 Å². The van der Waals surface area contributed by atoms with Crippen molar-refractivity contribution in [1.29, 1.82) is 0 Å². The van der Waals surface area contributed by atoms with E-state index in [1.165, 1.54) is 180 Å². The number of allylic oxidation sites excluding steroid dienone is 8. The summed E-state index contributed by atoms with van der Waals surface area (Å²) in [5, 5.41) is 10.7. The van der Waals surface area contributed by atoms with Crippen LogP contribution in [0.15, 0.2) is 48.6 Å². The molecule has 0 aliphatic carbocycles. The molecule has 0 heterocycles. The van der Waals surface area contributed by atoms with Crippen molar-refractivity contribution < 1.29 is 80.2 Å². The van der Waals surface area contributed by atoms with E-state index in [9.17, 15) is 43.2 Å². The Kier molecular flexibility index (Phi) is 74.0. The monoisotopic (exact) mass is 1490 g/mol. The highest BCUT2D eigenvalue weighted by Gasteiger charge is 2.30. The van der Waals surface area contributed by atoms with E-state index in [0.29, 0.717) is 25.7 Å². The van der Waals surface area contributed by atoms with Crippen molar-refractivity contribution in [3.63, 3.8) is 0 Å². The van der Waals surface area contributed by atoms with Gasteiger partial charge in [0, 0.05) is 25.7 Å². The lowest BCUT2D eigenvalue weighted by atomic mass is 10.0. The molecule has 17 nitrogen and oxygen atoms in total. The van der Waals surface area contributed by atoms with E-state index in [1.54, 1.807) is 0 Å². The average molecular weight is 1490 g/mol. The Morgan fingerprint density at radius 1 is 0.275 bits per heavy atom. The lowest BCUT2D eigenvalue weighted by Crippen LogP contribution is -2.30. The molecule has 0 aromatic heterocycles. The third kappa shape index (κ3) is 75.3. The number of hydrogen-bond donors (Lipinski definition) is 3. The summed E-state index contributed by atoms with van der Waals surface area (Å²) in [6.07, 6.45) is 75.0. The zero-order valence-electron chi connectivity index (χ0n) is 65.6. The van der Waals surface area contributed by atoms with Crippen LogP contribution >= 0.6 is 15.6 Å². The van der Waals surface area contributed by atoms with E-state index in [4.69, 9.17) is 37.0 Å². The van der Waals surface area contributed by atoms with E-state index < -0.39 is 97.5 Å². The fraction of sp³-hybridized carbons (Fsp3) is 0.855. The Bertz CT molecular complexity index is 2120. The second kappa shape index (κ2) is 76.2. The van der Waals surface area contributed by atoms with E-state index in [2.05, 4.69) is 76.3 Å². The van der Waals surface area contributed by atoms with Gasteiger partial charge in [-0.05, 0) is 109 Å². The Hall–Kier alpha value is -2.98. The highest BCUT2D eigenvalue weighted by Crippen LogP contribution is 2.45. The molecule has 0 rings (SSSR count). The second-order valence-electron chi connectivity index (χ2n) is 28.4. The van der Waals surface area contributed by atoms with Gasteiger partial charge in [0.2, 0.25) is 0 Å². The first-order valence-electron chi connectivity index (χ1n) is 41.9. The summed E-state index contributed by atoms with van der Waals surface area (Å²) < 4.78 is 68.7. The summed E-state index contributed by atoms with van der Waals surface area (Å²) in [6, 6.07) is 0. The number of esters is 4. The number of carbonyl (C=O) groups excluding carboxylic acids is 4. The minimum Gasteiger partial charge on any atom is -0.462 e. The molecule has 19 heteroatoms. The van der Waals surface area contributed by atoms with E-state index >= 15 is 0 Å². The molecule has 3 N–H and O–H groups in total. The van der Waals surface area contributed by atoms with Crippen LogP contribution in [0.1, 0.15) is 400 Å². The van der Waals surface area contributed by atoms with Crippen molar-refractivity contribution in [2.45, 2.75) is 418 Å². The van der Waals surface area contributed by atoms with Crippen molar-refractivity contribution in [2.24, 2.45) is 0 Å². The molecule has 0 radical (unpaired) electrons. The molecule has 0 bridgehead atoms. The van der Waals surface area contributed by atoms with E-state index in [1.807, 2.05) is 0 Å². The molecule has 5 atom stereocenters. The van der Waals surface area contributed by atoms with Crippen LogP contribution in [0, 0.1) is 0 Å². The third-order valence-electron chi connectivity index (χ3n) is 18.3. The number of ether oxygens (including phenoxy) is 4. The fourth-order valence-electron chi connectivity index (χ4n) is 11.8. The van der Waals surface area contributed by atoms with Crippen LogP contribution in [-0.4, -0.2) is 96.7 Å². The maximum atomic E-state index is 13.1. The number of hydrogen-bond acceptors (Lipinski definition) is 15. The normalized spacial score (nSPS) is 14.1. The number of rotatable bonds is 80. The molecule has 0 saturated carbocycles. The fourth-order valence-corrected chi connectivity index (χ4v) is 13.4. The number of phosphoric ester groups is 2. The molecular formula is C83H154O17P2. The first kappa shape index (κ1) is 99.0. The molecular weight excluding hydrogens is 1330 g/mol. The molecule has 0 saturated heterocycles. The lowest BCUT2D eigenvalue weighted by Gasteiger charge is -2.21. The molecule has 2 unspecified atom stereocenters. The molecule has 0 aromatic carbocycles. The highest BCUT2D eigenvalue weighted by atomic mass is 31.2. The molecule has 0 aromatic rings. The van der Waals surface area contributed by atoms with Gasteiger partial charge < -0.3 is 33.8 Å². The van der Waals surface area contributed by atoms with Gasteiger partial charge >= 0.3 is 39.5 Å². The standard InChI is InChI=1S/C83H154O17P2/c1-5-9-13-17-21-25-29-33-37-38-42-44-48-52-56-60-64-68-81(86)94-74-79(100-83(88)70-66-62-58-54-50-46-41-36-32-28-24-20-16-12-8-4)76-98-102(91,92)96-72-77(84)71-95-101(89,90)97-75-78(99-82(87)69-65-61-57-53-49-45-40-35-31-27-23-19-15-11-7-3)73-93-80(85)67-63-59-55-51-47-43-39-34-30-26-22-18-14-10-6-2/h24,28,34-36,39-41,77-79,84H,5-23,25-27,29-33,37-38,42-76H2,1-4H3,(H,89,90)(H,91,92)/b28-24-,39-34-,40-35-,41-36-/t77-,78-,79-/m1/s1. The van der Waals surface area contributed by atoms with Crippen LogP contribution < -0.4 is 0 Å². The van der Waals surface area contributed by atoms with Crippen LogP contribution in [0.25, 0.3) is 0 Å². The number of aliphatic hydroxyl groups is 1. The smallest absolute Gasteiger partial charge is 0.462 e. The summed E-state index contributed by atoms with van der Waals surface area (Å²) in [6.45, 7) is 4.91. The predicted molar refractivity (Wildman–Crippen MR) is 418 cm³/mol. The lowest BCUT2D eigenvalue weighted by molar-refractivity contribution is -0.161. The molecule has 0 fully saturated rings. The van der Waals surface area contributed by atoms with Gasteiger partial charge in [-0.2, -0.15) is 0 Å². The second-order valence-corrected chi connectivity index (χ2v) is 31.3. The van der Waals surface area contributed by atoms with Gasteiger partial charge in [0.25, 0.3) is 0 Å². The van der Waals surface area contributed by atoms with Crippen LogP contribution in [0.2, 0.25) is 0 Å². The summed E-state index contributed by atoms with van der Waals surface area (Å²) in [4.78, 5) is 73.1. The number of unbranched alkanes of at least 4 members (excludes halogenated alkanes) is 46. The Balaban J connectivity index is 5.33. The van der Waals surface area contributed by atoms with Crippen molar-refractivity contribution in [3.8, 4) is 0 Å². The van der Waals surface area contributed by atoms with E-state index in [0.717, 1.165) is 141 Å². The van der Waals surface area contributed by atoms with Gasteiger partial charge in [-0.1, -0.05) is 314 Å². The molecule has 598 valence electrons. The third-order valence-corrected chi connectivity index (χ3v) is 20.2. The zero-order chi connectivity index (χ0) is 74.6. The summed E-state index contributed by atoms with van der Waals surface area (Å²) in [5.41, 5.74) is 0. The minimum atomic E-state index is -4.97. The zero-order valence-corrected chi connectivity index (χ0v) is 67.3. The maximum Gasteiger partial charge on any atom is 0.472 e. The van der Waals surface area contributed by atoms with Crippen molar-refractivity contribution in [3.05, 3.63) is 48.6 Å². The molecule has 0 aliphatic heterocycles. The summed E-state index contributed by atoms with van der Waals surface area (Å²) >= 11 is 0. The number of phosphoric acid groups is 2. The van der Waals surface area contributed by atoms with Crippen LogP contribution in [0.4, 0.5) is 0 Å².